The van der Waals surface area contributed by atoms with Crippen molar-refractivity contribution in [3.8, 4) is 0 Å². The van der Waals surface area contributed by atoms with Crippen LogP contribution in [0.3, 0.4) is 0 Å². The van der Waals surface area contributed by atoms with Crippen molar-refractivity contribution in [1.82, 2.24) is 5.32 Å². The summed E-state index contributed by atoms with van der Waals surface area (Å²) in [6.45, 7) is 1.19. The standard InChI is InChI=1S/C26H26Cl2N2O4S/c27-21-9-11-24(12-10-21)35(32,33)30(23-8-4-7-22(28)17-23)18-25(31)29-19-26(13-15-34-16-14-26)20-5-2-1-3-6-20/h1-12,17H,13-16,18-19H2,(H,29,31). The second kappa shape index (κ2) is 11.0. The number of hydrogen-bond donors (Lipinski definition) is 1. The van der Waals surface area contributed by atoms with Crippen LogP contribution >= 0.6 is 23.2 Å². The van der Waals surface area contributed by atoms with Crippen molar-refractivity contribution in [2.24, 2.45) is 0 Å². The van der Waals surface area contributed by atoms with Crippen LogP contribution in [0.5, 0.6) is 0 Å². The Morgan fingerprint density at radius 3 is 2.26 bits per heavy atom. The molecule has 1 saturated heterocycles. The van der Waals surface area contributed by atoms with E-state index in [4.69, 9.17) is 27.9 Å². The summed E-state index contributed by atoms with van der Waals surface area (Å²) in [6, 6.07) is 22.3. The molecular formula is C26H26Cl2N2O4S. The van der Waals surface area contributed by atoms with Gasteiger partial charge in [0.15, 0.2) is 0 Å². The molecule has 3 aromatic rings. The number of halogens is 2. The van der Waals surface area contributed by atoms with E-state index in [1.54, 1.807) is 18.2 Å². The summed E-state index contributed by atoms with van der Waals surface area (Å²) >= 11 is 12.1. The molecule has 6 nitrogen and oxygen atoms in total. The number of benzene rings is 3. The summed E-state index contributed by atoms with van der Waals surface area (Å²) in [4.78, 5) is 13.2. The van der Waals surface area contributed by atoms with Gasteiger partial charge in [-0.1, -0.05) is 59.6 Å². The molecule has 1 aliphatic heterocycles. The van der Waals surface area contributed by atoms with E-state index in [1.807, 2.05) is 18.2 Å². The van der Waals surface area contributed by atoms with Gasteiger partial charge in [0, 0.05) is 35.2 Å². The lowest BCUT2D eigenvalue weighted by atomic mass is 9.74. The maximum Gasteiger partial charge on any atom is 0.264 e. The smallest absolute Gasteiger partial charge is 0.264 e. The van der Waals surface area contributed by atoms with Crippen LogP contribution in [0.1, 0.15) is 18.4 Å². The zero-order chi connectivity index (χ0) is 24.9. The molecule has 1 amide bonds. The van der Waals surface area contributed by atoms with Gasteiger partial charge >= 0.3 is 0 Å². The van der Waals surface area contributed by atoms with Gasteiger partial charge in [-0.2, -0.15) is 0 Å². The van der Waals surface area contributed by atoms with E-state index in [-0.39, 0.29) is 10.3 Å². The number of nitrogens with one attached hydrogen (secondary N) is 1. The first-order valence-electron chi connectivity index (χ1n) is 11.2. The summed E-state index contributed by atoms with van der Waals surface area (Å²) in [7, 11) is -4.06. The lowest BCUT2D eigenvalue weighted by Crippen LogP contribution is -2.48. The minimum Gasteiger partial charge on any atom is -0.381 e. The van der Waals surface area contributed by atoms with Gasteiger partial charge in [-0.25, -0.2) is 8.42 Å². The number of carbonyl (C=O) groups is 1. The first kappa shape index (κ1) is 25.5. The van der Waals surface area contributed by atoms with Crippen LogP contribution < -0.4 is 9.62 Å². The van der Waals surface area contributed by atoms with E-state index in [0.29, 0.717) is 35.5 Å². The molecule has 0 aromatic heterocycles. The Kier molecular flexibility index (Phi) is 8.02. The predicted molar refractivity (Wildman–Crippen MR) is 139 cm³/mol. The van der Waals surface area contributed by atoms with E-state index in [9.17, 15) is 13.2 Å². The molecule has 3 aromatic carbocycles. The third-order valence-electron chi connectivity index (χ3n) is 6.25. The fourth-order valence-corrected chi connectivity index (χ4v) is 5.98. The molecule has 0 spiro atoms. The van der Waals surface area contributed by atoms with Crippen molar-refractivity contribution in [2.75, 3.05) is 30.6 Å². The highest BCUT2D eigenvalue weighted by molar-refractivity contribution is 7.92. The monoisotopic (exact) mass is 532 g/mol. The van der Waals surface area contributed by atoms with E-state index >= 15 is 0 Å². The topological polar surface area (TPSA) is 75.7 Å². The summed E-state index contributed by atoms with van der Waals surface area (Å²) < 4.78 is 33.7. The first-order chi connectivity index (χ1) is 16.8. The first-order valence-corrected chi connectivity index (χ1v) is 13.4. The average molecular weight is 533 g/mol. The summed E-state index contributed by atoms with van der Waals surface area (Å²) in [6.07, 6.45) is 1.52. The molecule has 184 valence electrons. The van der Waals surface area contributed by atoms with Crippen molar-refractivity contribution in [3.05, 3.63) is 94.5 Å². The molecule has 1 aliphatic rings. The normalized spacial score (nSPS) is 15.4. The van der Waals surface area contributed by atoms with Gasteiger partial charge < -0.3 is 10.1 Å². The zero-order valence-electron chi connectivity index (χ0n) is 19.0. The Balaban J connectivity index is 1.58. The lowest BCUT2D eigenvalue weighted by Gasteiger charge is -2.38. The van der Waals surface area contributed by atoms with Crippen LogP contribution in [0.25, 0.3) is 0 Å². The van der Waals surface area contributed by atoms with E-state index in [1.165, 1.54) is 30.3 Å². The molecule has 1 fully saturated rings. The minimum atomic E-state index is -4.06. The van der Waals surface area contributed by atoms with Gasteiger partial charge in [-0.3, -0.25) is 9.10 Å². The molecule has 0 atom stereocenters. The number of amides is 1. The van der Waals surface area contributed by atoms with Crippen LogP contribution in [0, 0.1) is 0 Å². The third-order valence-corrected chi connectivity index (χ3v) is 8.52. The number of ether oxygens (including phenoxy) is 1. The van der Waals surface area contributed by atoms with Gasteiger partial charge in [0.2, 0.25) is 5.91 Å². The van der Waals surface area contributed by atoms with E-state index in [2.05, 4.69) is 17.4 Å². The van der Waals surface area contributed by atoms with Gasteiger partial charge in [-0.05, 0) is 60.9 Å². The Hall–Kier alpha value is -2.58. The number of carbonyl (C=O) groups excluding carboxylic acids is 1. The molecular weight excluding hydrogens is 507 g/mol. The number of rotatable bonds is 8. The minimum absolute atomic E-state index is 0.0276. The van der Waals surface area contributed by atoms with Crippen LogP contribution in [-0.2, 0) is 25.0 Å². The summed E-state index contributed by atoms with van der Waals surface area (Å²) in [5, 5.41) is 3.77. The van der Waals surface area contributed by atoms with E-state index in [0.717, 1.165) is 22.7 Å². The van der Waals surface area contributed by atoms with Gasteiger partial charge in [0.1, 0.15) is 6.54 Å². The van der Waals surface area contributed by atoms with Gasteiger partial charge in [0.25, 0.3) is 10.0 Å². The number of hydrogen-bond acceptors (Lipinski definition) is 4. The number of nitrogens with zero attached hydrogens (tertiary/aromatic N) is 1. The molecule has 9 heteroatoms. The van der Waals surface area contributed by atoms with Crippen molar-refractivity contribution in [1.29, 1.82) is 0 Å². The Bertz CT molecular complexity index is 1260. The van der Waals surface area contributed by atoms with Crippen LogP contribution in [0.15, 0.2) is 83.8 Å². The van der Waals surface area contributed by atoms with Crippen LogP contribution in [0.2, 0.25) is 10.0 Å². The van der Waals surface area contributed by atoms with Crippen LogP contribution in [0.4, 0.5) is 5.69 Å². The Morgan fingerprint density at radius 2 is 1.60 bits per heavy atom. The Morgan fingerprint density at radius 1 is 0.914 bits per heavy atom. The summed E-state index contributed by atoms with van der Waals surface area (Å²) in [5.41, 5.74) is 1.15. The molecule has 4 rings (SSSR count). The molecule has 1 N–H and O–H groups in total. The van der Waals surface area contributed by atoms with Crippen molar-refractivity contribution in [3.63, 3.8) is 0 Å². The van der Waals surface area contributed by atoms with Crippen LogP contribution in [-0.4, -0.2) is 40.6 Å². The molecule has 0 saturated carbocycles. The fraction of sp³-hybridized carbons (Fsp3) is 0.269. The third kappa shape index (κ3) is 5.98. The molecule has 0 aliphatic carbocycles. The largest absolute Gasteiger partial charge is 0.381 e. The molecule has 0 bridgehead atoms. The molecule has 35 heavy (non-hydrogen) atoms. The van der Waals surface area contributed by atoms with Crippen molar-refractivity contribution in [2.45, 2.75) is 23.2 Å². The van der Waals surface area contributed by atoms with Crippen molar-refractivity contribution >= 4 is 44.8 Å². The lowest BCUT2D eigenvalue weighted by molar-refractivity contribution is -0.120. The maximum absolute atomic E-state index is 13.5. The van der Waals surface area contributed by atoms with Crippen molar-refractivity contribution < 1.29 is 17.9 Å². The highest BCUT2D eigenvalue weighted by Crippen LogP contribution is 2.34. The molecule has 1 heterocycles. The number of sulfonamides is 1. The predicted octanol–water partition coefficient (Wildman–Crippen LogP) is 5.05. The zero-order valence-corrected chi connectivity index (χ0v) is 21.3. The van der Waals surface area contributed by atoms with Gasteiger partial charge in [-0.15, -0.1) is 0 Å². The quantitative estimate of drug-likeness (QED) is 0.440. The summed E-state index contributed by atoms with van der Waals surface area (Å²) in [5.74, 6) is -0.413. The highest BCUT2D eigenvalue weighted by Gasteiger charge is 2.35. The average Bonchev–Trinajstić information content (AvgIpc) is 2.87. The highest BCUT2D eigenvalue weighted by atomic mass is 35.5. The van der Waals surface area contributed by atoms with E-state index < -0.39 is 22.5 Å². The molecule has 0 radical (unpaired) electrons. The fourth-order valence-electron chi connectivity index (χ4n) is 4.26. The Labute approximate surface area is 215 Å². The maximum atomic E-state index is 13.5. The van der Waals surface area contributed by atoms with Gasteiger partial charge in [0.05, 0.1) is 10.6 Å². The second-order valence-corrected chi connectivity index (χ2v) is 11.2. The number of anilines is 1. The SMILES string of the molecule is O=C(CN(c1cccc(Cl)c1)S(=O)(=O)c1ccc(Cl)cc1)NCC1(c2ccccc2)CCOCC1. The molecule has 0 unspecified atom stereocenters. The second-order valence-electron chi connectivity index (χ2n) is 8.48.